The van der Waals surface area contributed by atoms with Crippen molar-refractivity contribution in [1.82, 2.24) is 0 Å². The zero-order chi connectivity index (χ0) is 47.3. The lowest BCUT2D eigenvalue weighted by Crippen LogP contribution is -2.26. The van der Waals surface area contributed by atoms with E-state index in [9.17, 15) is 53.9 Å². The van der Waals surface area contributed by atoms with Gasteiger partial charge in [-0.2, -0.15) is 39.5 Å². The quantitative estimate of drug-likeness (QED) is 0.0802. The van der Waals surface area contributed by atoms with Crippen LogP contribution in [-0.2, 0) is 14.4 Å². The molecule has 0 unspecified atom stereocenters. The van der Waals surface area contributed by atoms with E-state index in [1.54, 1.807) is 31.2 Å². The van der Waals surface area contributed by atoms with Gasteiger partial charge in [-0.05, 0) is 64.4 Å². The summed E-state index contributed by atoms with van der Waals surface area (Å²) in [6, 6.07) is 36.4. The standard InChI is InChI=1S/C50H38F9N3O3/c1-4-62(42-23-13-17-33-16-8-9-20-38(33)42)31-41(47(65)50(57,58)59)37-19-12-18-36(28-37)32-24-26-35(27-25-32)40(46(64)49(54,55)56)30-61(3)44-22-11-10-21-43(44)60(2)29-39(45(63)48(51,52)53)34-14-6-5-7-15-34/h5-31H,4H2,1-3H3/b39-29+,40-30+,41-31-. The van der Waals surface area contributed by atoms with Crippen molar-refractivity contribution in [3.63, 3.8) is 0 Å². The Labute approximate surface area is 367 Å². The third kappa shape index (κ3) is 10.9. The minimum absolute atomic E-state index is 0.0348. The van der Waals surface area contributed by atoms with E-state index < -0.39 is 52.6 Å². The minimum atomic E-state index is -5.35. The predicted octanol–water partition coefficient (Wildman–Crippen LogP) is 12.7. The molecule has 0 amide bonds. The van der Waals surface area contributed by atoms with Crippen LogP contribution in [0.2, 0.25) is 0 Å². The van der Waals surface area contributed by atoms with Crippen molar-refractivity contribution in [3.8, 4) is 11.1 Å². The lowest BCUT2D eigenvalue weighted by atomic mass is 9.95. The number of benzene rings is 6. The van der Waals surface area contributed by atoms with E-state index in [0.29, 0.717) is 16.8 Å². The SMILES string of the molecule is CCN(/C=C(\C(=O)C(F)(F)F)c1cccc(-c2ccc(/C(=C\N(C)c3ccccc3N(C)/C=C(/C(=O)C(F)(F)F)c3ccccc3)C(=O)C(F)(F)F)cc2)c1)c1cccc2ccccc12. The molecule has 0 fully saturated rings. The smallest absolute Gasteiger partial charge is 0.349 e. The maximum absolute atomic E-state index is 14.2. The van der Waals surface area contributed by atoms with Crippen LogP contribution in [0.3, 0.4) is 0 Å². The van der Waals surface area contributed by atoms with Crippen LogP contribution in [0.5, 0.6) is 0 Å². The van der Waals surface area contributed by atoms with Crippen molar-refractivity contribution < 1.29 is 53.9 Å². The second-order valence-corrected chi connectivity index (χ2v) is 14.6. The van der Waals surface area contributed by atoms with E-state index in [0.717, 1.165) is 29.4 Å². The molecule has 334 valence electrons. The normalized spacial score (nSPS) is 12.8. The molecule has 0 atom stereocenters. The first-order valence-electron chi connectivity index (χ1n) is 19.7. The van der Waals surface area contributed by atoms with Crippen molar-refractivity contribution in [2.45, 2.75) is 25.5 Å². The van der Waals surface area contributed by atoms with Crippen molar-refractivity contribution in [2.75, 3.05) is 35.3 Å². The van der Waals surface area contributed by atoms with Gasteiger partial charge in [0.25, 0.3) is 17.3 Å². The molecule has 0 aliphatic heterocycles. The molecule has 0 aromatic heterocycles. The van der Waals surface area contributed by atoms with Gasteiger partial charge >= 0.3 is 18.5 Å². The van der Waals surface area contributed by atoms with E-state index in [1.807, 2.05) is 24.3 Å². The Kier molecular flexibility index (Phi) is 13.9. The summed E-state index contributed by atoms with van der Waals surface area (Å²) in [6.45, 7) is 1.92. The molecular weight excluding hydrogens is 862 g/mol. The average molecular weight is 900 g/mol. The number of fused-ring (bicyclic) bond motifs is 1. The highest BCUT2D eigenvalue weighted by molar-refractivity contribution is 6.25. The number of hydrogen-bond acceptors (Lipinski definition) is 6. The fourth-order valence-corrected chi connectivity index (χ4v) is 7.11. The van der Waals surface area contributed by atoms with Gasteiger partial charge in [0.1, 0.15) is 0 Å². The second-order valence-electron chi connectivity index (χ2n) is 14.6. The van der Waals surface area contributed by atoms with Crippen LogP contribution < -0.4 is 14.7 Å². The highest BCUT2D eigenvalue weighted by Gasteiger charge is 2.43. The fraction of sp³-hybridized carbons (Fsp3) is 0.140. The van der Waals surface area contributed by atoms with Gasteiger partial charge in [-0.3, -0.25) is 14.4 Å². The lowest BCUT2D eigenvalue weighted by molar-refractivity contribution is -0.164. The Morgan fingerprint density at radius 3 is 1.38 bits per heavy atom. The molecular formula is C50H38F9N3O3. The maximum Gasteiger partial charge on any atom is 0.454 e. The van der Waals surface area contributed by atoms with Gasteiger partial charge < -0.3 is 14.7 Å². The number of hydrogen-bond donors (Lipinski definition) is 0. The topological polar surface area (TPSA) is 60.9 Å². The second kappa shape index (κ2) is 19.1. The summed E-state index contributed by atoms with van der Waals surface area (Å²) in [5.41, 5.74) is -1.01. The van der Waals surface area contributed by atoms with Crippen molar-refractivity contribution >= 4 is 61.9 Å². The number of halogens is 9. The molecule has 6 aromatic rings. The number of rotatable bonds is 14. The van der Waals surface area contributed by atoms with Gasteiger partial charge in [0, 0.05) is 50.3 Å². The van der Waals surface area contributed by atoms with Crippen LogP contribution in [0, 0.1) is 0 Å². The maximum atomic E-state index is 14.2. The molecule has 0 aliphatic carbocycles. The molecule has 0 heterocycles. The van der Waals surface area contributed by atoms with Crippen molar-refractivity contribution in [1.29, 1.82) is 0 Å². The van der Waals surface area contributed by atoms with Crippen LogP contribution in [0.15, 0.2) is 164 Å². The Morgan fingerprint density at radius 1 is 0.446 bits per heavy atom. The molecule has 0 radical (unpaired) electrons. The van der Waals surface area contributed by atoms with E-state index in [2.05, 4.69) is 0 Å². The van der Waals surface area contributed by atoms with Gasteiger partial charge in [-0.25, -0.2) is 0 Å². The summed E-state index contributed by atoms with van der Waals surface area (Å²) in [7, 11) is 2.67. The van der Waals surface area contributed by atoms with Crippen LogP contribution in [0.1, 0.15) is 23.6 Å². The van der Waals surface area contributed by atoms with Crippen LogP contribution in [0.25, 0.3) is 38.6 Å². The molecule has 0 spiro atoms. The van der Waals surface area contributed by atoms with Crippen LogP contribution in [-0.4, -0.2) is 56.5 Å². The molecule has 0 saturated carbocycles. The average Bonchev–Trinajstić information content (AvgIpc) is 3.29. The minimum Gasteiger partial charge on any atom is -0.349 e. The zero-order valence-electron chi connectivity index (χ0n) is 34.8. The number of ketones is 3. The largest absolute Gasteiger partial charge is 0.454 e. The summed E-state index contributed by atoms with van der Waals surface area (Å²) in [6.07, 6.45) is -12.8. The number of alkyl halides is 9. The highest BCUT2D eigenvalue weighted by atomic mass is 19.4. The number of anilines is 3. The van der Waals surface area contributed by atoms with E-state index in [-0.39, 0.29) is 34.6 Å². The first-order valence-corrected chi connectivity index (χ1v) is 19.7. The molecule has 0 saturated heterocycles. The van der Waals surface area contributed by atoms with E-state index in [4.69, 9.17) is 0 Å². The third-order valence-corrected chi connectivity index (χ3v) is 10.3. The van der Waals surface area contributed by atoms with Crippen LogP contribution >= 0.6 is 0 Å². The summed E-state index contributed by atoms with van der Waals surface area (Å²) in [5, 5.41) is 1.57. The Morgan fingerprint density at radius 2 is 0.862 bits per heavy atom. The molecule has 0 N–H and O–H groups in total. The molecule has 6 nitrogen and oxygen atoms in total. The number of nitrogens with zero attached hydrogens (tertiary/aromatic N) is 3. The molecule has 15 heteroatoms. The van der Waals surface area contributed by atoms with E-state index in [1.165, 1.54) is 126 Å². The molecule has 65 heavy (non-hydrogen) atoms. The first kappa shape index (κ1) is 47.1. The summed E-state index contributed by atoms with van der Waals surface area (Å²) in [5.74, 6) is -6.44. The summed E-state index contributed by atoms with van der Waals surface area (Å²) >= 11 is 0. The Balaban J connectivity index is 1.37. The Bertz CT molecular complexity index is 2800. The molecule has 0 bridgehead atoms. The zero-order valence-corrected chi connectivity index (χ0v) is 34.8. The molecule has 6 aromatic carbocycles. The van der Waals surface area contributed by atoms with Gasteiger partial charge in [-0.15, -0.1) is 0 Å². The third-order valence-electron chi connectivity index (χ3n) is 10.3. The lowest BCUT2D eigenvalue weighted by Gasteiger charge is -2.25. The number of para-hydroxylation sites is 2. The van der Waals surface area contributed by atoms with Gasteiger partial charge in [-0.1, -0.05) is 121 Å². The number of allylic oxidation sites excluding steroid dienone is 3. The summed E-state index contributed by atoms with van der Waals surface area (Å²) in [4.78, 5) is 42.5. The van der Waals surface area contributed by atoms with Crippen LogP contribution in [0.4, 0.5) is 56.6 Å². The van der Waals surface area contributed by atoms with Gasteiger partial charge in [0.2, 0.25) is 0 Å². The number of carbonyl (C=O) groups excluding carboxylic acids is 3. The van der Waals surface area contributed by atoms with E-state index >= 15 is 0 Å². The first-order chi connectivity index (χ1) is 30.7. The Hall–Kier alpha value is -7.42. The fourth-order valence-electron chi connectivity index (χ4n) is 7.11. The van der Waals surface area contributed by atoms with Crippen molar-refractivity contribution in [2.24, 2.45) is 0 Å². The molecule has 6 rings (SSSR count). The predicted molar refractivity (Wildman–Crippen MR) is 236 cm³/mol. The van der Waals surface area contributed by atoms with Gasteiger partial charge in [0.15, 0.2) is 0 Å². The number of Topliss-reactive ketones (excluding diaryl/α,β-unsaturated/α-hetero) is 3. The monoisotopic (exact) mass is 899 g/mol. The van der Waals surface area contributed by atoms with Crippen molar-refractivity contribution in [3.05, 3.63) is 181 Å². The number of carbonyl (C=O) groups is 3. The highest BCUT2D eigenvalue weighted by Crippen LogP contribution is 2.37. The van der Waals surface area contributed by atoms with Gasteiger partial charge in [0.05, 0.1) is 28.1 Å². The summed E-state index contributed by atoms with van der Waals surface area (Å²) < 4.78 is 126. The molecule has 0 aliphatic rings.